The molecule has 0 saturated heterocycles. The Morgan fingerprint density at radius 2 is 2.24 bits per heavy atom. The lowest BCUT2D eigenvalue weighted by Gasteiger charge is -2.05. The summed E-state index contributed by atoms with van der Waals surface area (Å²) in [5.74, 6) is -0.307. The first kappa shape index (κ1) is 11.6. The second-order valence-corrected chi connectivity index (χ2v) is 4.10. The van der Waals surface area contributed by atoms with Gasteiger partial charge in [0.1, 0.15) is 5.82 Å². The number of aromatic nitrogens is 2. The highest BCUT2D eigenvalue weighted by Gasteiger charge is 2.14. The number of rotatable bonds is 3. The van der Waals surface area contributed by atoms with Crippen molar-refractivity contribution in [2.45, 2.75) is 19.4 Å². The number of fused-ring (bicyclic) bond motifs is 1. The first-order valence-corrected chi connectivity index (χ1v) is 5.32. The largest absolute Gasteiger partial charge is 0.479 e. The SMILES string of the molecule is Cc1nc2cc(CC(O)C(=O)O)ccc2n1C. The molecule has 0 bridgehead atoms. The molecule has 0 saturated carbocycles. The number of carboxylic acids is 1. The number of aliphatic hydroxyl groups is 1. The minimum absolute atomic E-state index is 0.0981. The van der Waals surface area contributed by atoms with Crippen molar-refractivity contribution >= 4 is 17.0 Å². The number of carbonyl (C=O) groups is 1. The molecule has 1 atom stereocenters. The lowest BCUT2D eigenvalue weighted by molar-refractivity contribution is -0.146. The molecule has 0 fully saturated rings. The second-order valence-electron chi connectivity index (χ2n) is 4.10. The van der Waals surface area contributed by atoms with Gasteiger partial charge < -0.3 is 14.8 Å². The lowest BCUT2D eigenvalue weighted by atomic mass is 10.1. The zero-order valence-corrected chi connectivity index (χ0v) is 9.71. The first-order valence-electron chi connectivity index (χ1n) is 5.32. The third kappa shape index (κ3) is 2.14. The van der Waals surface area contributed by atoms with E-state index in [4.69, 9.17) is 5.11 Å². The molecule has 0 radical (unpaired) electrons. The molecule has 2 N–H and O–H groups in total. The van der Waals surface area contributed by atoms with Crippen molar-refractivity contribution in [1.29, 1.82) is 0 Å². The van der Waals surface area contributed by atoms with E-state index in [0.29, 0.717) is 0 Å². The predicted molar refractivity (Wildman–Crippen MR) is 62.8 cm³/mol. The van der Waals surface area contributed by atoms with Gasteiger partial charge in [0.05, 0.1) is 11.0 Å². The highest BCUT2D eigenvalue weighted by atomic mass is 16.4. The van der Waals surface area contributed by atoms with E-state index < -0.39 is 12.1 Å². The quantitative estimate of drug-likeness (QED) is 0.826. The average molecular weight is 234 g/mol. The maximum absolute atomic E-state index is 10.6. The van der Waals surface area contributed by atoms with Crippen molar-refractivity contribution in [1.82, 2.24) is 9.55 Å². The van der Waals surface area contributed by atoms with Crippen LogP contribution in [-0.4, -0.2) is 31.8 Å². The van der Waals surface area contributed by atoms with E-state index in [0.717, 1.165) is 22.4 Å². The van der Waals surface area contributed by atoms with Gasteiger partial charge in [-0.15, -0.1) is 0 Å². The van der Waals surface area contributed by atoms with Crippen LogP contribution in [0.4, 0.5) is 0 Å². The van der Waals surface area contributed by atoms with Crippen molar-refractivity contribution in [3.63, 3.8) is 0 Å². The minimum Gasteiger partial charge on any atom is -0.479 e. The van der Waals surface area contributed by atoms with Gasteiger partial charge in [-0.25, -0.2) is 9.78 Å². The van der Waals surface area contributed by atoms with Crippen molar-refractivity contribution in [3.8, 4) is 0 Å². The molecule has 0 amide bonds. The van der Waals surface area contributed by atoms with Crippen LogP contribution in [0.1, 0.15) is 11.4 Å². The summed E-state index contributed by atoms with van der Waals surface area (Å²) in [5.41, 5.74) is 2.58. The molecule has 17 heavy (non-hydrogen) atoms. The van der Waals surface area contributed by atoms with E-state index in [1.54, 1.807) is 0 Å². The zero-order chi connectivity index (χ0) is 12.6. The predicted octanol–water partition coefficient (Wildman–Crippen LogP) is 0.870. The summed E-state index contributed by atoms with van der Waals surface area (Å²) in [4.78, 5) is 14.9. The van der Waals surface area contributed by atoms with Crippen molar-refractivity contribution in [3.05, 3.63) is 29.6 Å². The van der Waals surface area contributed by atoms with E-state index in [-0.39, 0.29) is 6.42 Å². The van der Waals surface area contributed by atoms with Gasteiger partial charge in [-0.1, -0.05) is 6.07 Å². The summed E-state index contributed by atoms with van der Waals surface area (Å²) >= 11 is 0. The van der Waals surface area contributed by atoms with Crippen LogP contribution in [-0.2, 0) is 18.3 Å². The zero-order valence-electron chi connectivity index (χ0n) is 9.71. The lowest BCUT2D eigenvalue weighted by Crippen LogP contribution is -2.21. The summed E-state index contributed by atoms with van der Waals surface area (Å²) in [6.07, 6.45) is -1.27. The highest BCUT2D eigenvalue weighted by molar-refractivity contribution is 5.77. The number of hydrogen-bond acceptors (Lipinski definition) is 3. The number of hydrogen-bond donors (Lipinski definition) is 2. The molecule has 2 rings (SSSR count). The molecule has 5 heteroatoms. The fraction of sp³-hybridized carbons (Fsp3) is 0.333. The summed E-state index contributed by atoms with van der Waals surface area (Å²) in [6, 6.07) is 5.52. The van der Waals surface area contributed by atoms with Crippen LogP contribution in [0.15, 0.2) is 18.2 Å². The topological polar surface area (TPSA) is 75.3 Å². The fourth-order valence-corrected chi connectivity index (χ4v) is 1.80. The summed E-state index contributed by atoms with van der Waals surface area (Å²) < 4.78 is 1.97. The molecule has 1 aromatic carbocycles. The van der Waals surface area contributed by atoms with E-state index >= 15 is 0 Å². The normalized spacial score (nSPS) is 12.9. The molecule has 1 unspecified atom stereocenters. The van der Waals surface area contributed by atoms with Gasteiger partial charge >= 0.3 is 5.97 Å². The Bertz CT molecular complexity index is 574. The first-order chi connectivity index (χ1) is 7.99. The maximum atomic E-state index is 10.6. The molecular weight excluding hydrogens is 220 g/mol. The van der Waals surface area contributed by atoms with E-state index in [1.807, 2.05) is 36.7 Å². The second kappa shape index (κ2) is 4.18. The van der Waals surface area contributed by atoms with Crippen LogP contribution >= 0.6 is 0 Å². The van der Waals surface area contributed by atoms with Gasteiger partial charge in [0.2, 0.25) is 0 Å². The Morgan fingerprint density at radius 1 is 1.53 bits per heavy atom. The average Bonchev–Trinajstić information content (AvgIpc) is 2.54. The molecular formula is C12H14N2O3. The van der Waals surface area contributed by atoms with Gasteiger partial charge in [0.15, 0.2) is 6.10 Å². The number of aliphatic carboxylic acids is 1. The molecule has 90 valence electrons. The van der Waals surface area contributed by atoms with E-state index in [1.165, 1.54) is 0 Å². The number of imidazole rings is 1. The third-order valence-electron chi connectivity index (χ3n) is 2.88. The Labute approximate surface area is 98.3 Å². The van der Waals surface area contributed by atoms with Crippen LogP contribution < -0.4 is 0 Å². The van der Waals surface area contributed by atoms with Crippen LogP contribution in [0.5, 0.6) is 0 Å². The van der Waals surface area contributed by atoms with Gasteiger partial charge in [-0.05, 0) is 24.6 Å². The van der Waals surface area contributed by atoms with Crippen LogP contribution in [0.3, 0.4) is 0 Å². The van der Waals surface area contributed by atoms with Crippen molar-refractivity contribution in [2.75, 3.05) is 0 Å². The third-order valence-corrected chi connectivity index (χ3v) is 2.88. The highest BCUT2D eigenvalue weighted by Crippen LogP contribution is 2.17. The van der Waals surface area contributed by atoms with Gasteiger partial charge in [0, 0.05) is 13.5 Å². The Hall–Kier alpha value is -1.88. The van der Waals surface area contributed by atoms with Crippen molar-refractivity contribution < 1.29 is 15.0 Å². The minimum atomic E-state index is -1.36. The van der Waals surface area contributed by atoms with Gasteiger partial charge in [0.25, 0.3) is 0 Å². The number of aliphatic hydroxyl groups excluding tert-OH is 1. The van der Waals surface area contributed by atoms with Crippen LogP contribution in [0.25, 0.3) is 11.0 Å². The number of carboxylic acid groups (broad SMARTS) is 1. The molecule has 0 aliphatic rings. The summed E-state index contributed by atoms with van der Waals surface area (Å²) in [7, 11) is 1.93. The van der Waals surface area contributed by atoms with E-state index in [9.17, 15) is 9.90 Å². The number of aryl methyl sites for hydroxylation is 2. The molecule has 0 aliphatic carbocycles. The molecule has 0 spiro atoms. The standard InChI is InChI=1S/C12H14N2O3/c1-7-13-9-5-8(6-11(15)12(16)17)3-4-10(9)14(7)2/h3-5,11,15H,6H2,1-2H3,(H,16,17). The van der Waals surface area contributed by atoms with Crippen LogP contribution in [0.2, 0.25) is 0 Å². The Morgan fingerprint density at radius 3 is 2.88 bits per heavy atom. The monoisotopic (exact) mass is 234 g/mol. The molecule has 2 aromatic rings. The van der Waals surface area contributed by atoms with E-state index in [2.05, 4.69) is 4.98 Å². The molecule has 1 heterocycles. The van der Waals surface area contributed by atoms with Crippen LogP contribution in [0, 0.1) is 6.92 Å². The summed E-state index contributed by atoms with van der Waals surface area (Å²) in [5, 5.41) is 17.9. The maximum Gasteiger partial charge on any atom is 0.332 e. The molecule has 0 aliphatic heterocycles. The Kier molecular flexibility index (Phi) is 2.85. The smallest absolute Gasteiger partial charge is 0.332 e. The number of nitrogens with zero attached hydrogens (tertiary/aromatic N) is 2. The molecule has 1 aromatic heterocycles. The molecule has 5 nitrogen and oxygen atoms in total. The van der Waals surface area contributed by atoms with Crippen molar-refractivity contribution in [2.24, 2.45) is 7.05 Å². The Balaban J connectivity index is 2.35. The van der Waals surface area contributed by atoms with Gasteiger partial charge in [-0.2, -0.15) is 0 Å². The fourth-order valence-electron chi connectivity index (χ4n) is 1.80. The number of benzene rings is 1. The summed E-state index contributed by atoms with van der Waals surface area (Å²) in [6.45, 7) is 1.91. The van der Waals surface area contributed by atoms with Gasteiger partial charge in [-0.3, -0.25) is 0 Å².